The number of fused-ring (bicyclic) bond motifs is 2. The van der Waals surface area contributed by atoms with Gasteiger partial charge in [0.15, 0.2) is 25.3 Å². The lowest BCUT2D eigenvalue weighted by molar-refractivity contribution is -0.120. The Bertz CT molecular complexity index is 3160. The first-order valence-corrected chi connectivity index (χ1v) is 29.4. The monoisotopic (exact) mass is 1020 g/mol. The van der Waals surface area contributed by atoms with Gasteiger partial charge in [-0.05, 0) is 145 Å². The van der Waals surface area contributed by atoms with Crippen molar-refractivity contribution < 1.29 is 40.6 Å². The molecule has 2 aromatic carbocycles. The molecular weight excluding hydrogens is 955 g/mol. The van der Waals surface area contributed by atoms with Crippen LogP contribution in [0, 0.1) is 18.8 Å². The van der Waals surface area contributed by atoms with E-state index in [9.17, 15) is 26.4 Å². The SMILES string of the molecule is CC1=Nc2c(Nc3ccc(C4CCCCO4)cc3S(C)(=O)=O)cc(CC(=O)C3CC3)nc2C1.Cc1nc2c(Nc3ccc(C4CCCCO4)cc3S(C)(=O)=O)cc(CC(=O)C3CC3)nc2n1C1CCCCO1. The van der Waals surface area contributed by atoms with Gasteiger partial charge in [0.1, 0.15) is 34.8 Å². The number of ether oxygens (including phenoxy) is 3. The molecule has 0 spiro atoms. The first-order valence-electron chi connectivity index (χ1n) is 25.6. The van der Waals surface area contributed by atoms with Gasteiger partial charge in [-0.2, -0.15) is 0 Å². The standard InChI is InChI=1S/C29H36N4O5S.C25H29N3O4S/c1-18-30-28-23(32-22-12-11-20(15-26(22)39(2,35)36)25-7-3-5-13-37-25)16-21(17-24(34)19-9-10-19)31-29(28)33(18)27-8-4-6-14-38-27;1-15-11-20-25(26-15)21(13-18(27-20)14-22(29)16-6-7-16)28-19-9-8-17(12-24(19)33(2,30)31)23-5-3-4-10-32-23/h11-12,15-16,19,25,27H,3-10,13-14,17H2,1-2H3,(H,31,32);8-9,12-13,16,23H,3-7,10-11,14H2,1-2H3,(H,27,28). The van der Waals surface area contributed by atoms with E-state index in [1.807, 2.05) is 42.7 Å². The second kappa shape index (κ2) is 20.8. The highest BCUT2D eigenvalue weighted by atomic mass is 32.2. The Morgan fingerprint density at radius 3 is 1.62 bits per heavy atom. The molecule has 5 fully saturated rings. The van der Waals surface area contributed by atoms with Crippen LogP contribution in [0.15, 0.2) is 63.3 Å². The average molecular weight is 1020 g/mol. The number of pyridine rings is 2. The van der Waals surface area contributed by atoms with E-state index < -0.39 is 19.7 Å². The third-order valence-electron chi connectivity index (χ3n) is 14.4. The van der Waals surface area contributed by atoms with Crippen LogP contribution in [-0.2, 0) is 62.7 Å². The van der Waals surface area contributed by atoms with Crippen molar-refractivity contribution in [2.24, 2.45) is 16.8 Å². The molecule has 3 atom stereocenters. The molecule has 18 heteroatoms. The number of aliphatic imine (C=N–C) groups is 1. The summed E-state index contributed by atoms with van der Waals surface area (Å²) in [7, 11) is -7.05. The van der Waals surface area contributed by atoms with Crippen LogP contribution in [0.4, 0.5) is 28.4 Å². The number of benzene rings is 2. The zero-order valence-electron chi connectivity index (χ0n) is 41.7. The van der Waals surface area contributed by atoms with E-state index >= 15 is 0 Å². The molecule has 7 heterocycles. The lowest BCUT2D eigenvalue weighted by Gasteiger charge is -2.25. The minimum atomic E-state index is -3.55. The smallest absolute Gasteiger partial charge is 0.177 e. The molecule has 2 aliphatic carbocycles. The highest BCUT2D eigenvalue weighted by Crippen LogP contribution is 2.41. The molecule has 2 N–H and O–H groups in total. The Morgan fingerprint density at radius 2 is 1.12 bits per heavy atom. The topological polar surface area (TPSA) is 210 Å². The van der Waals surface area contributed by atoms with E-state index in [1.54, 1.807) is 24.3 Å². The van der Waals surface area contributed by atoms with Crippen LogP contribution in [0.25, 0.3) is 11.2 Å². The van der Waals surface area contributed by atoms with Crippen molar-refractivity contribution in [2.75, 3.05) is 43.0 Å². The molecular formula is C54H65N7O9S2. The molecule has 72 heavy (non-hydrogen) atoms. The summed E-state index contributed by atoms with van der Waals surface area (Å²) in [6.07, 6.45) is 16.0. The van der Waals surface area contributed by atoms with Gasteiger partial charge in [-0.1, -0.05) is 12.1 Å². The highest BCUT2D eigenvalue weighted by Gasteiger charge is 2.33. The molecule has 16 nitrogen and oxygen atoms in total. The average Bonchev–Trinajstić information content (AvgIpc) is 4.31. The zero-order valence-corrected chi connectivity index (χ0v) is 43.3. The third kappa shape index (κ3) is 11.5. The van der Waals surface area contributed by atoms with Crippen LogP contribution in [0.2, 0.25) is 0 Å². The number of carbonyl (C=O) groups is 2. The summed E-state index contributed by atoms with van der Waals surface area (Å²) in [5, 5.41) is 6.68. The number of Topliss-reactive ketones (excluding diaryl/α,β-unsaturated/α-hetero) is 2. The quantitative estimate of drug-likeness (QED) is 0.100. The van der Waals surface area contributed by atoms with E-state index in [0.717, 1.165) is 112 Å². The summed E-state index contributed by atoms with van der Waals surface area (Å²) in [6.45, 7) is 5.94. The number of carbonyl (C=O) groups excluding carboxylic acids is 2. The molecule has 6 aliphatic rings. The second-order valence-electron chi connectivity index (χ2n) is 20.5. The number of sulfone groups is 2. The van der Waals surface area contributed by atoms with Crippen LogP contribution >= 0.6 is 0 Å². The van der Waals surface area contributed by atoms with Gasteiger partial charge in [-0.25, -0.2) is 26.8 Å². The van der Waals surface area contributed by atoms with Crippen LogP contribution in [0.5, 0.6) is 0 Å². The minimum absolute atomic E-state index is 0.0780. The molecule has 11 rings (SSSR count). The molecule has 2 saturated carbocycles. The third-order valence-corrected chi connectivity index (χ3v) is 16.7. The number of anilines is 4. The van der Waals surface area contributed by atoms with E-state index in [0.29, 0.717) is 83.7 Å². The van der Waals surface area contributed by atoms with Crippen molar-refractivity contribution in [1.29, 1.82) is 0 Å². The first kappa shape index (κ1) is 50.1. The van der Waals surface area contributed by atoms with Gasteiger partial charge in [-0.15, -0.1) is 0 Å². The number of ketones is 2. The Labute approximate surface area is 422 Å². The van der Waals surface area contributed by atoms with Crippen molar-refractivity contribution in [3.8, 4) is 0 Å². The van der Waals surface area contributed by atoms with Gasteiger partial charge >= 0.3 is 0 Å². The summed E-state index contributed by atoms with van der Waals surface area (Å²) >= 11 is 0. The van der Waals surface area contributed by atoms with Crippen molar-refractivity contribution in [1.82, 2.24) is 19.5 Å². The largest absolute Gasteiger partial charge is 0.374 e. The van der Waals surface area contributed by atoms with Crippen LogP contribution in [0.1, 0.15) is 143 Å². The molecule has 3 saturated heterocycles. The molecule has 4 aliphatic heterocycles. The van der Waals surface area contributed by atoms with E-state index in [1.165, 1.54) is 12.5 Å². The van der Waals surface area contributed by atoms with Gasteiger partial charge in [0.25, 0.3) is 0 Å². The number of hydrogen-bond acceptors (Lipinski definition) is 15. The Morgan fingerprint density at radius 1 is 0.611 bits per heavy atom. The van der Waals surface area contributed by atoms with Crippen LogP contribution in [0.3, 0.4) is 0 Å². The predicted molar refractivity (Wildman–Crippen MR) is 275 cm³/mol. The number of imidazole rings is 1. The molecule has 5 aromatic rings. The van der Waals surface area contributed by atoms with Gasteiger partial charge in [0.2, 0.25) is 0 Å². The number of aromatic nitrogens is 4. The van der Waals surface area contributed by atoms with Gasteiger partial charge < -0.3 is 24.8 Å². The fourth-order valence-corrected chi connectivity index (χ4v) is 12.0. The van der Waals surface area contributed by atoms with E-state index in [4.69, 9.17) is 29.2 Å². The van der Waals surface area contributed by atoms with Gasteiger partial charge in [-0.3, -0.25) is 24.1 Å². The minimum Gasteiger partial charge on any atom is -0.374 e. The van der Waals surface area contributed by atoms with Crippen molar-refractivity contribution >= 4 is 76.6 Å². The lowest BCUT2D eigenvalue weighted by atomic mass is 10.0. The summed E-state index contributed by atoms with van der Waals surface area (Å²) in [5.74, 6) is 1.47. The lowest BCUT2D eigenvalue weighted by Crippen LogP contribution is -2.19. The second-order valence-corrected chi connectivity index (χ2v) is 24.5. The highest BCUT2D eigenvalue weighted by molar-refractivity contribution is 7.91. The van der Waals surface area contributed by atoms with Gasteiger partial charge in [0, 0.05) is 69.1 Å². The zero-order chi connectivity index (χ0) is 50.3. The van der Waals surface area contributed by atoms with Crippen LogP contribution < -0.4 is 10.6 Å². The molecule has 0 amide bonds. The van der Waals surface area contributed by atoms with Crippen LogP contribution in [-0.4, -0.2) is 86.0 Å². The molecule has 3 aromatic heterocycles. The summed E-state index contributed by atoms with van der Waals surface area (Å²) in [5.41, 5.74) is 9.12. The Balaban J connectivity index is 0.000000168. The maximum absolute atomic E-state index is 12.9. The summed E-state index contributed by atoms with van der Waals surface area (Å²) in [4.78, 5) is 44.7. The van der Waals surface area contributed by atoms with Crippen molar-refractivity contribution in [3.05, 3.63) is 82.6 Å². The van der Waals surface area contributed by atoms with Crippen molar-refractivity contribution in [2.45, 2.75) is 145 Å². The molecule has 0 radical (unpaired) electrons. The number of hydrogen-bond donors (Lipinski definition) is 2. The normalized spacial score (nSPS) is 21.3. The fraction of sp³-hybridized carbons (Fsp3) is 0.519. The molecule has 3 unspecified atom stereocenters. The van der Waals surface area contributed by atoms with E-state index in [-0.39, 0.29) is 58.0 Å². The maximum Gasteiger partial charge on any atom is 0.177 e. The number of nitrogens with one attached hydrogen (secondary N) is 2. The van der Waals surface area contributed by atoms with Gasteiger partial charge in [0.05, 0.1) is 61.8 Å². The number of rotatable bonds is 15. The van der Waals surface area contributed by atoms with E-state index in [2.05, 4.69) is 15.6 Å². The number of aryl methyl sites for hydroxylation is 1. The Hall–Kier alpha value is -5.40. The summed E-state index contributed by atoms with van der Waals surface area (Å²) < 4.78 is 71.1. The number of nitrogens with zero attached hydrogens (tertiary/aromatic N) is 5. The first-order chi connectivity index (χ1) is 34.6. The fourth-order valence-electron chi connectivity index (χ4n) is 10.3. The maximum atomic E-state index is 12.9. The molecule has 382 valence electrons. The summed E-state index contributed by atoms with van der Waals surface area (Å²) in [6, 6.07) is 14.6. The van der Waals surface area contributed by atoms with Crippen molar-refractivity contribution in [3.63, 3.8) is 0 Å². The predicted octanol–water partition coefficient (Wildman–Crippen LogP) is 9.99. The molecule has 0 bridgehead atoms. The Kier molecular flexibility index (Phi) is 14.5.